The molecule has 82 valence electrons. The summed E-state index contributed by atoms with van der Waals surface area (Å²) in [7, 11) is 1.55. The van der Waals surface area contributed by atoms with Crippen molar-refractivity contribution in [2.75, 3.05) is 13.7 Å². The predicted octanol–water partition coefficient (Wildman–Crippen LogP) is 1.81. The lowest BCUT2D eigenvalue weighted by Crippen LogP contribution is -2.18. The van der Waals surface area contributed by atoms with Crippen molar-refractivity contribution < 1.29 is 19.3 Å². The van der Waals surface area contributed by atoms with Gasteiger partial charge < -0.3 is 4.74 Å². The molecule has 15 heavy (non-hydrogen) atoms. The Kier molecular flexibility index (Phi) is 4.80. The highest BCUT2D eigenvalue weighted by Gasteiger charge is 2.10. The van der Waals surface area contributed by atoms with Gasteiger partial charge in [0, 0.05) is 7.11 Å². The van der Waals surface area contributed by atoms with Gasteiger partial charge in [-0.15, -0.1) is 0 Å². The molecule has 4 nitrogen and oxygen atoms in total. The molecule has 0 aromatic heterocycles. The van der Waals surface area contributed by atoms with Crippen molar-refractivity contribution in [3.05, 3.63) is 35.9 Å². The van der Waals surface area contributed by atoms with Crippen molar-refractivity contribution >= 4 is 5.97 Å². The van der Waals surface area contributed by atoms with E-state index in [1.807, 2.05) is 6.07 Å². The first-order valence-corrected chi connectivity index (χ1v) is 4.65. The summed E-state index contributed by atoms with van der Waals surface area (Å²) in [5.74, 6) is -0.501. The third-order valence-corrected chi connectivity index (χ3v) is 1.70. The van der Waals surface area contributed by atoms with E-state index in [0.29, 0.717) is 12.2 Å². The molecule has 1 aromatic rings. The summed E-state index contributed by atoms with van der Waals surface area (Å²) in [4.78, 5) is 20.8. The number of carbonyl (C=O) groups excluding carboxylic acids is 1. The molecule has 1 unspecified atom stereocenters. The third-order valence-electron chi connectivity index (χ3n) is 1.70. The van der Waals surface area contributed by atoms with Crippen molar-refractivity contribution in [2.24, 2.45) is 0 Å². The maximum Gasteiger partial charge on any atom is 0.373 e. The van der Waals surface area contributed by atoms with Gasteiger partial charge >= 0.3 is 5.97 Å². The lowest BCUT2D eigenvalue weighted by atomic mass is 10.2. The molecular weight excluding hydrogens is 196 g/mol. The quantitative estimate of drug-likeness (QED) is 0.549. The first-order valence-electron chi connectivity index (χ1n) is 4.65. The second-order valence-corrected chi connectivity index (χ2v) is 3.10. The summed E-state index contributed by atoms with van der Waals surface area (Å²) in [6.45, 7) is 2.13. The molecule has 0 aliphatic rings. The van der Waals surface area contributed by atoms with Crippen molar-refractivity contribution in [1.82, 2.24) is 0 Å². The first kappa shape index (κ1) is 11.7. The molecule has 1 rings (SSSR count). The molecular formula is C11H14O4. The number of hydrogen-bond acceptors (Lipinski definition) is 4. The minimum Gasteiger partial charge on any atom is -0.382 e. The number of rotatable bonds is 5. The molecule has 1 aromatic carbocycles. The van der Waals surface area contributed by atoms with E-state index in [4.69, 9.17) is 9.62 Å². The van der Waals surface area contributed by atoms with E-state index in [-0.39, 0.29) is 6.10 Å². The Bertz CT molecular complexity index is 297. The molecule has 0 amide bonds. The summed E-state index contributed by atoms with van der Waals surface area (Å²) in [5.41, 5.74) is 0.460. The number of ether oxygens (including phenoxy) is 1. The van der Waals surface area contributed by atoms with Gasteiger partial charge in [-0.3, -0.25) is 4.89 Å². The Morgan fingerprint density at radius 1 is 1.33 bits per heavy atom. The Morgan fingerprint density at radius 3 is 2.60 bits per heavy atom. The zero-order chi connectivity index (χ0) is 11.1. The molecule has 0 saturated carbocycles. The van der Waals surface area contributed by atoms with Gasteiger partial charge in [0.05, 0.1) is 12.2 Å². The third kappa shape index (κ3) is 4.10. The van der Waals surface area contributed by atoms with Gasteiger partial charge in [0.2, 0.25) is 0 Å². The SMILES string of the molecule is COCC(C)OOC(=O)c1ccccc1. The van der Waals surface area contributed by atoms with Gasteiger partial charge in [-0.25, -0.2) is 4.79 Å². The molecule has 0 N–H and O–H groups in total. The average Bonchev–Trinajstić information content (AvgIpc) is 2.27. The molecule has 0 heterocycles. The van der Waals surface area contributed by atoms with Crippen LogP contribution in [0.3, 0.4) is 0 Å². The molecule has 0 radical (unpaired) electrons. The van der Waals surface area contributed by atoms with Crippen LogP contribution < -0.4 is 0 Å². The zero-order valence-corrected chi connectivity index (χ0v) is 8.80. The topological polar surface area (TPSA) is 44.8 Å². The maximum absolute atomic E-state index is 11.4. The monoisotopic (exact) mass is 210 g/mol. The largest absolute Gasteiger partial charge is 0.382 e. The second kappa shape index (κ2) is 6.16. The van der Waals surface area contributed by atoms with E-state index in [1.54, 1.807) is 38.3 Å². The number of benzene rings is 1. The normalized spacial score (nSPS) is 12.1. The highest BCUT2D eigenvalue weighted by atomic mass is 17.2. The van der Waals surface area contributed by atoms with Crippen LogP contribution in [0.4, 0.5) is 0 Å². The molecule has 0 fully saturated rings. The molecule has 1 atom stereocenters. The van der Waals surface area contributed by atoms with E-state index in [9.17, 15) is 4.79 Å². The standard InChI is InChI=1S/C11H14O4/c1-9(8-13-2)14-15-11(12)10-6-4-3-5-7-10/h3-7,9H,8H2,1-2H3. The van der Waals surface area contributed by atoms with Crippen LogP contribution in [0.5, 0.6) is 0 Å². The minimum absolute atomic E-state index is 0.275. The van der Waals surface area contributed by atoms with Gasteiger partial charge in [-0.1, -0.05) is 18.2 Å². The molecule has 0 aliphatic heterocycles. The van der Waals surface area contributed by atoms with E-state index < -0.39 is 5.97 Å². The fourth-order valence-corrected chi connectivity index (χ4v) is 1.01. The van der Waals surface area contributed by atoms with Crippen LogP contribution in [0.15, 0.2) is 30.3 Å². The van der Waals surface area contributed by atoms with Crippen molar-refractivity contribution in [2.45, 2.75) is 13.0 Å². The predicted molar refractivity (Wildman–Crippen MR) is 54.3 cm³/mol. The van der Waals surface area contributed by atoms with Crippen LogP contribution >= 0.6 is 0 Å². The molecule has 0 saturated heterocycles. The van der Waals surface area contributed by atoms with Gasteiger partial charge in [0.15, 0.2) is 0 Å². The van der Waals surface area contributed by atoms with Crippen LogP contribution in [-0.2, 0) is 14.5 Å². The number of carbonyl (C=O) groups is 1. The highest BCUT2D eigenvalue weighted by Crippen LogP contribution is 2.02. The van der Waals surface area contributed by atoms with E-state index in [0.717, 1.165) is 0 Å². The Morgan fingerprint density at radius 2 is 2.00 bits per heavy atom. The van der Waals surface area contributed by atoms with Crippen molar-refractivity contribution in [3.8, 4) is 0 Å². The Hall–Kier alpha value is -1.39. The summed E-state index contributed by atoms with van der Waals surface area (Å²) < 4.78 is 4.83. The molecule has 0 bridgehead atoms. The molecule has 0 spiro atoms. The second-order valence-electron chi connectivity index (χ2n) is 3.10. The average molecular weight is 210 g/mol. The lowest BCUT2D eigenvalue weighted by molar-refractivity contribution is -0.276. The fraction of sp³-hybridized carbons (Fsp3) is 0.364. The smallest absolute Gasteiger partial charge is 0.373 e. The van der Waals surface area contributed by atoms with Crippen LogP contribution in [-0.4, -0.2) is 25.8 Å². The van der Waals surface area contributed by atoms with Gasteiger partial charge in [0.25, 0.3) is 0 Å². The Labute approximate surface area is 88.7 Å². The van der Waals surface area contributed by atoms with Crippen LogP contribution in [0, 0.1) is 0 Å². The van der Waals surface area contributed by atoms with Gasteiger partial charge in [0.1, 0.15) is 6.10 Å². The van der Waals surface area contributed by atoms with E-state index in [1.165, 1.54) is 0 Å². The summed E-state index contributed by atoms with van der Waals surface area (Å²) in [5, 5.41) is 0. The molecule has 4 heteroatoms. The van der Waals surface area contributed by atoms with Crippen LogP contribution in [0.1, 0.15) is 17.3 Å². The Balaban J connectivity index is 2.37. The van der Waals surface area contributed by atoms with Gasteiger partial charge in [-0.05, 0) is 19.1 Å². The number of methoxy groups -OCH3 is 1. The first-order chi connectivity index (χ1) is 7.24. The van der Waals surface area contributed by atoms with Crippen molar-refractivity contribution in [1.29, 1.82) is 0 Å². The fourth-order valence-electron chi connectivity index (χ4n) is 1.01. The number of hydrogen-bond donors (Lipinski definition) is 0. The summed E-state index contributed by atoms with van der Waals surface area (Å²) >= 11 is 0. The highest BCUT2D eigenvalue weighted by molar-refractivity contribution is 5.88. The maximum atomic E-state index is 11.4. The van der Waals surface area contributed by atoms with Gasteiger partial charge in [-0.2, -0.15) is 4.89 Å². The summed E-state index contributed by atoms with van der Waals surface area (Å²) in [6, 6.07) is 8.66. The van der Waals surface area contributed by atoms with Crippen LogP contribution in [0.2, 0.25) is 0 Å². The minimum atomic E-state index is -0.501. The van der Waals surface area contributed by atoms with Crippen molar-refractivity contribution in [3.63, 3.8) is 0 Å². The van der Waals surface area contributed by atoms with E-state index >= 15 is 0 Å². The summed E-state index contributed by atoms with van der Waals surface area (Å²) in [6.07, 6.45) is -0.275. The lowest BCUT2D eigenvalue weighted by Gasteiger charge is -2.09. The molecule has 0 aliphatic carbocycles. The van der Waals surface area contributed by atoms with Crippen LogP contribution in [0.25, 0.3) is 0 Å². The van der Waals surface area contributed by atoms with E-state index in [2.05, 4.69) is 4.89 Å². The zero-order valence-electron chi connectivity index (χ0n) is 8.80.